The minimum absolute atomic E-state index is 0.00480. The van der Waals surface area contributed by atoms with E-state index in [9.17, 15) is 44.1 Å². The summed E-state index contributed by atoms with van der Waals surface area (Å²) in [5, 5.41) is 40.1. The van der Waals surface area contributed by atoms with Crippen molar-refractivity contribution in [3.63, 3.8) is 0 Å². The van der Waals surface area contributed by atoms with Crippen LogP contribution in [0.2, 0.25) is 0 Å². The molecule has 5 heterocycles. The highest BCUT2D eigenvalue weighted by molar-refractivity contribution is 6.32. The second kappa shape index (κ2) is 20.0. The Hall–Kier alpha value is -5.44. The Balaban J connectivity index is 1.39. The van der Waals surface area contributed by atoms with E-state index < -0.39 is 112 Å². The van der Waals surface area contributed by atoms with Crippen LogP contribution in [0.3, 0.4) is 0 Å². The first-order valence-corrected chi connectivity index (χ1v) is 21.8. The summed E-state index contributed by atoms with van der Waals surface area (Å²) in [5.74, 6) is -9.22. The lowest BCUT2D eigenvalue weighted by atomic mass is 9.78. The standard InChI is InChI=1S/C46H60N4O15/c1-21-11-10-12-22(2)44(58)48-34-35(50-14-17-61-18-15-50)40(56)31-32(39(34)55)38(54)26(6)42-33(31)43(57)46(8,64-42)62-16-13-30(60-9)23(3)41(25(5)37(53)24(4)36(21)52)63-45(59)47-20-28-19-29(27(7)51)49-65-28/h10-13,16,21,23-25,28-30,36-37,41,49,52-54H,14-15,17-20H2,1-9H3,(H,47,59)(H,48,58)/b11-10+,16-13+,22-12-/t21-,23-,24-,25-,28?,29?,30+,36-,37-,41+,46+/m1/s1. The number of ether oxygens (including phenoxy) is 5. The van der Waals surface area contributed by atoms with E-state index in [1.807, 2.05) is 0 Å². The molecule has 354 valence electrons. The van der Waals surface area contributed by atoms with E-state index in [0.29, 0.717) is 6.42 Å². The van der Waals surface area contributed by atoms with Gasteiger partial charge in [-0.05, 0) is 26.8 Å². The minimum atomic E-state index is -2.13. The molecule has 5 aliphatic heterocycles. The van der Waals surface area contributed by atoms with Gasteiger partial charge in [-0.15, -0.1) is 0 Å². The lowest BCUT2D eigenvalue weighted by Crippen LogP contribution is -2.48. The van der Waals surface area contributed by atoms with Crippen LogP contribution in [0.15, 0.2) is 47.5 Å². The van der Waals surface area contributed by atoms with Gasteiger partial charge >= 0.3 is 11.9 Å². The maximum absolute atomic E-state index is 14.8. The van der Waals surface area contributed by atoms with Crippen molar-refractivity contribution in [1.29, 1.82) is 0 Å². The summed E-state index contributed by atoms with van der Waals surface area (Å²) in [5.41, 5.74) is 1.02. The normalized spacial score (nSPS) is 34.3. The number of phenols is 1. The molecular weight excluding hydrogens is 849 g/mol. The fourth-order valence-corrected chi connectivity index (χ4v) is 8.85. The number of hydrogen-bond donors (Lipinski definition) is 6. The van der Waals surface area contributed by atoms with Crippen LogP contribution in [0, 0.1) is 30.6 Å². The molecule has 5 bridgehead atoms. The second-order valence-corrected chi connectivity index (χ2v) is 17.5. The largest absolute Gasteiger partial charge is 0.507 e. The molecule has 19 heteroatoms. The Morgan fingerprint density at radius 2 is 1.65 bits per heavy atom. The number of alkyl carbamates (subject to hydrolysis) is 1. The number of methoxy groups -OCH3 is 1. The molecule has 0 spiro atoms. The lowest BCUT2D eigenvalue weighted by Gasteiger charge is -2.38. The number of Topliss-reactive ketones (excluding diaryl/α,β-unsaturated/α-hetero) is 4. The summed E-state index contributed by atoms with van der Waals surface area (Å²) in [7, 11) is 1.40. The smallest absolute Gasteiger partial charge is 0.407 e. The Bertz CT molecular complexity index is 2210. The summed E-state index contributed by atoms with van der Waals surface area (Å²) >= 11 is 0. The molecule has 2 amide bonds. The van der Waals surface area contributed by atoms with Crippen LogP contribution in [0.5, 0.6) is 11.5 Å². The number of aliphatic hydroxyl groups excluding tert-OH is 2. The second-order valence-electron chi connectivity index (χ2n) is 17.5. The molecule has 0 aromatic heterocycles. The monoisotopic (exact) mass is 908 g/mol. The predicted molar refractivity (Wildman–Crippen MR) is 230 cm³/mol. The van der Waals surface area contributed by atoms with Crippen molar-refractivity contribution in [3.8, 4) is 11.5 Å². The number of carbonyl (C=O) groups excluding carboxylic acids is 6. The average Bonchev–Trinajstić information content (AvgIpc) is 3.87. The fourth-order valence-electron chi connectivity index (χ4n) is 8.85. The zero-order valence-corrected chi connectivity index (χ0v) is 38.1. The maximum Gasteiger partial charge on any atom is 0.407 e. The number of fused-ring (bicyclic) bond motifs is 14. The van der Waals surface area contributed by atoms with E-state index in [2.05, 4.69) is 16.1 Å². The number of allylic oxidation sites excluding steroid dienone is 4. The van der Waals surface area contributed by atoms with Gasteiger partial charge in [0.05, 0.1) is 66.6 Å². The van der Waals surface area contributed by atoms with Crippen molar-refractivity contribution in [2.24, 2.45) is 23.7 Å². The van der Waals surface area contributed by atoms with Gasteiger partial charge in [0.2, 0.25) is 11.6 Å². The van der Waals surface area contributed by atoms with Crippen molar-refractivity contribution in [2.75, 3.05) is 40.0 Å². The minimum Gasteiger partial charge on any atom is -0.507 e. The van der Waals surface area contributed by atoms with E-state index in [0.717, 1.165) is 6.26 Å². The van der Waals surface area contributed by atoms with Gasteiger partial charge in [-0.3, -0.25) is 28.8 Å². The molecule has 2 fully saturated rings. The Kier molecular flexibility index (Phi) is 15.1. The molecule has 2 unspecified atom stereocenters. The Morgan fingerprint density at radius 3 is 2.29 bits per heavy atom. The molecule has 0 saturated carbocycles. The number of aliphatic hydroxyl groups is 2. The van der Waals surface area contributed by atoms with Gasteiger partial charge in [0, 0.05) is 74.9 Å². The van der Waals surface area contributed by atoms with Crippen LogP contribution < -0.4 is 20.9 Å². The topological polar surface area (TPSA) is 258 Å². The van der Waals surface area contributed by atoms with Crippen LogP contribution in [0.1, 0.15) is 91.5 Å². The molecule has 19 nitrogen and oxygen atoms in total. The first kappa shape index (κ1) is 49.0. The number of carbonyl (C=O) groups is 6. The third-order valence-corrected chi connectivity index (χ3v) is 13.0. The summed E-state index contributed by atoms with van der Waals surface area (Å²) in [6.07, 6.45) is 1.84. The van der Waals surface area contributed by atoms with Crippen LogP contribution in [0.25, 0.3) is 0 Å². The molecular formula is C46H60N4O15. The molecule has 65 heavy (non-hydrogen) atoms. The summed E-state index contributed by atoms with van der Waals surface area (Å²) in [4.78, 5) is 89.8. The van der Waals surface area contributed by atoms with E-state index >= 15 is 0 Å². The van der Waals surface area contributed by atoms with Crippen LogP contribution in [0.4, 0.5) is 4.79 Å². The van der Waals surface area contributed by atoms with Gasteiger partial charge in [0.15, 0.2) is 0 Å². The van der Waals surface area contributed by atoms with Gasteiger partial charge in [-0.1, -0.05) is 45.9 Å². The highest BCUT2D eigenvalue weighted by Crippen LogP contribution is 2.49. The molecule has 6 N–H and O–H groups in total. The first-order valence-electron chi connectivity index (χ1n) is 21.8. The summed E-state index contributed by atoms with van der Waals surface area (Å²) < 4.78 is 29.4. The van der Waals surface area contributed by atoms with Crippen molar-refractivity contribution in [3.05, 3.63) is 69.8 Å². The molecule has 7 rings (SSSR count). The highest BCUT2D eigenvalue weighted by atomic mass is 16.7. The van der Waals surface area contributed by atoms with Gasteiger partial charge < -0.3 is 54.5 Å². The third kappa shape index (κ3) is 9.76. The number of morpholine rings is 1. The number of rotatable bonds is 6. The molecule has 1 aromatic rings. The van der Waals surface area contributed by atoms with Crippen LogP contribution >= 0.6 is 0 Å². The molecule has 6 aliphatic rings. The van der Waals surface area contributed by atoms with Gasteiger partial charge in [-0.2, -0.15) is 5.48 Å². The number of hydroxylamine groups is 1. The first-order chi connectivity index (χ1) is 30.7. The van der Waals surface area contributed by atoms with Crippen molar-refractivity contribution in [2.45, 2.75) is 104 Å². The zero-order chi connectivity index (χ0) is 47.7. The summed E-state index contributed by atoms with van der Waals surface area (Å²) in [6, 6.07) is -0.518. The Morgan fingerprint density at radius 1 is 0.954 bits per heavy atom. The molecule has 1 aliphatic carbocycles. The SMILES string of the molecule is CO[C@H]1/C=C/O[C@@]2(C)Oc3c(C)c(O)c4c(c3C2=O)C(=O)C(N2CCOCC2)=C(NC(=O)/C(C)=C\C=C\[C@@H](C)[C@@H](O)[C@@H](C)[C@@H](O)[C@@H](C)[C@@H](OC(=O)NCC2CC(C(C)=O)NO2)[C@@H]1C)C4=O. The van der Waals surface area contributed by atoms with E-state index in [4.69, 9.17) is 28.5 Å². The quantitative estimate of drug-likeness (QED) is 0.240. The highest BCUT2D eigenvalue weighted by Gasteiger charge is 2.53. The number of nitrogens with one attached hydrogen (secondary N) is 3. The Labute approximate surface area is 377 Å². The van der Waals surface area contributed by atoms with E-state index in [1.54, 1.807) is 44.7 Å². The van der Waals surface area contributed by atoms with Crippen molar-refractivity contribution < 1.29 is 72.6 Å². The van der Waals surface area contributed by atoms with Gasteiger partial charge in [0.1, 0.15) is 34.8 Å². The number of benzene rings is 1. The number of nitrogens with zero attached hydrogens (tertiary/aromatic N) is 1. The predicted octanol–water partition coefficient (Wildman–Crippen LogP) is 2.70. The maximum atomic E-state index is 14.8. The van der Waals surface area contributed by atoms with Crippen LogP contribution in [-0.4, -0.2) is 138 Å². The van der Waals surface area contributed by atoms with Crippen molar-refractivity contribution in [1.82, 2.24) is 21.0 Å². The van der Waals surface area contributed by atoms with E-state index in [1.165, 1.54) is 47.0 Å². The molecule has 2 saturated heterocycles. The summed E-state index contributed by atoms with van der Waals surface area (Å²) in [6.45, 7) is 13.2. The van der Waals surface area contributed by atoms with Crippen LogP contribution in [-0.2, 0) is 33.4 Å². The molecule has 11 atom stereocenters. The third-order valence-electron chi connectivity index (χ3n) is 13.0. The number of ketones is 4. The molecule has 0 radical (unpaired) electrons. The average molecular weight is 909 g/mol. The number of hydrogen-bond acceptors (Lipinski definition) is 17. The zero-order valence-electron chi connectivity index (χ0n) is 38.1. The van der Waals surface area contributed by atoms with Crippen molar-refractivity contribution >= 4 is 35.1 Å². The lowest BCUT2D eigenvalue weighted by molar-refractivity contribution is -0.120. The number of amides is 2. The molecule has 1 aromatic carbocycles. The number of phenolic OH excluding ortho intramolecular Hbond substituents is 1. The number of aromatic hydroxyl groups is 1. The van der Waals surface area contributed by atoms with Gasteiger partial charge in [-0.25, -0.2) is 4.79 Å². The van der Waals surface area contributed by atoms with Gasteiger partial charge in [0.25, 0.3) is 11.7 Å². The van der Waals surface area contributed by atoms with E-state index in [-0.39, 0.29) is 72.5 Å². The fraction of sp³-hybridized carbons (Fsp3) is 0.565.